The normalized spacial score (nSPS) is 19.8. The summed E-state index contributed by atoms with van der Waals surface area (Å²) in [6.07, 6.45) is 2.32. The summed E-state index contributed by atoms with van der Waals surface area (Å²) in [4.78, 5) is 12.8. The quantitative estimate of drug-likeness (QED) is 0.857. The van der Waals surface area contributed by atoms with E-state index in [9.17, 15) is 13.2 Å². The molecule has 24 heavy (non-hydrogen) atoms. The minimum absolute atomic E-state index is 0.0101. The fourth-order valence-electron chi connectivity index (χ4n) is 3.12. The lowest BCUT2D eigenvalue weighted by Crippen LogP contribution is -2.45. The molecule has 126 valence electrons. The van der Waals surface area contributed by atoms with E-state index in [0.29, 0.717) is 25.8 Å². The van der Waals surface area contributed by atoms with Crippen molar-refractivity contribution in [1.82, 2.24) is 4.31 Å². The molecule has 1 saturated heterocycles. The average molecular weight is 343 g/mol. The van der Waals surface area contributed by atoms with E-state index in [1.165, 1.54) is 4.31 Å². The highest BCUT2D eigenvalue weighted by molar-refractivity contribution is 7.89. The van der Waals surface area contributed by atoms with E-state index in [1.54, 1.807) is 30.3 Å². The molecule has 0 bridgehead atoms. The van der Waals surface area contributed by atoms with Crippen molar-refractivity contribution in [3.05, 3.63) is 66.2 Å². The standard InChI is InChI=1S/C19H21NO3S/c21-19-13-7-8-14-20(18(19)15-16-9-3-1-4-10-16)24(22,23)17-11-5-2-6-12-17/h1-6,9-12,18H,7-8,13-15H2/t18-/m0/s1. The van der Waals surface area contributed by atoms with Crippen LogP contribution in [0.25, 0.3) is 0 Å². The zero-order valence-electron chi connectivity index (χ0n) is 13.5. The largest absolute Gasteiger partial charge is 0.298 e. The monoisotopic (exact) mass is 343 g/mol. The number of carbonyl (C=O) groups is 1. The summed E-state index contributed by atoms with van der Waals surface area (Å²) in [5, 5.41) is 0. The predicted molar refractivity (Wildman–Crippen MR) is 93.1 cm³/mol. The predicted octanol–water partition coefficient (Wildman–Crippen LogP) is 3.04. The summed E-state index contributed by atoms with van der Waals surface area (Å²) in [7, 11) is -3.68. The second-order valence-corrected chi connectivity index (χ2v) is 7.95. The van der Waals surface area contributed by atoms with Crippen molar-refractivity contribution >= 4 is 15.8 Å². The lowest BCUT2D eigenvalue weighted by atomic mass is 10.0. The minimum atomic E-state index is -3.68. The summed E-state index contributed by atoms with van der Waals surface area (Å²) < 4.78 is 27.5. The Morgan fingerprint density at radius 3 is 2.21 bits per heavy atom. The van der Waals surface area contributed by atoms with E-state index in [1.807, 2.05) is 30.3 Å². The summed E-state index contributed by atoms with van der Waals surface area (Å²) in [6.45, 7) is 0.389. The number of hydrogen-bond acceptors (Lipinski definition) is 3. The number of carbonyl (C=O) groups excluding carboxylic acids is 1. The first-order chi connectivity index (χ1) is 11.6. The van der Waals surface area contributed by atoms with E-state index < -0.39 is 16.1 Å². The van der Waals surface area contributed by atoms with Crippen LogP contribution in [-0.2, 0) is 21.2 Å². The smallest absolute Gasteiger partial charge is 0.243 e. The topological polar surface area (TPSA) is 54.5 Å². The zero-order valence-corrected chi connectivity index (χ0v) is 14.3. The Labute approximate surface area is 143 Å². The van der Waals surface area contributed by atoms with Gasteiger partial charge in [-0.25, -0.2) is 8.42 Å². The molecule has 1 fully saturated rings. The van der Waals surface area contributed by atoms with Crippen molar-refractivity contribution in [2.75, 3.05) is 6.54 Å². The molecule has 2 aromatic rings. The Morgan fingerprint density at radius 1 is 0.917 bits per heavy atom. The number of rotatable bonds is 4. The van der Waals surface area contributed by atoms with Gasteiger partial charge in [-0.15, -0.1) is 0 Å². The van der Waals surface area contributed by atoms with Crippen molar-refractivity contribution in [3.63, 3.8) is 0 Å². The molecule has 0 amide bonds. The van der Waals surface area contributed by atoms with Crippen LogP contribution in [0.5, 0.6) is 0 Å². The molecule has 2 aromatic carbocycles. The molecule has 1 aliphatic rings. The molecule has 0 unspecified atom stereocenters. The molecule has 4 nitrogen and oxygen atoms in total. The third-order valence-corrected chi connectivity index (χ3v) is 6.32. The first kappa shape index (κ1) is 16.9. The van der Waals surface area contributed by atoms with E-state index in [0.717, 1.165) is 12.0 Å². The maximum Gasteiger partial charge on any atom is 0.243 e. The maximum absolute atomic E-state index is 13.1. The second kappa shape index (κ2) is 7.28. The lowest BCUT2D eigenvalue weighted by molar-refractivity contribution is -0.122. The van der Waals surface area contributed by atoms with Crippen LogP contribution in [0.2, 0.25) is 0 Å². The lowest BCUT2D eigenvalue weighted by Gasteiger charge is -2.28. The molecular weight excluding hydrogens is 322 g/mol. The van der Waals surface area contributed by atoms with Gasteiger partial charge >= 0.3 is 0 Å². The van der Waals surface area contributed by atoms with Crippen LogP contribution in [0.15, 0.2) is 65.6 Å². The van der Waals surface area contributed by atoms with Crippen molar-refractivity contribution < 1.29 is 13.2 Å². The number of benzene rings is 2. The summed E-state index contributed by atoms with van der Waals surface area (Å²) >= 11 is 0. The van der Waals surface area contributed by atoms with E-state index in [2.05, 4.69) is 0 Å². The molecule has 0 spiro atoms. The van der Waals surface area contributed by atoms with Crippen LogP contribution in [0.1, 0.15) is 24.8 Å². The summed E-state index contributed by atoms with van der Waals surface area (Å²) in [6, 6.07) is 17.4. The SMILES string of the molecule is O=C1CCCCN(S(=O)(=O)c2ccccc2)[C@H]1Cc1ccccc1. The van der Waals surface area contributed by atoms with Crippen LogP contribution in [0.4, 0.5) is 0 Å². The highest BCUT2D eigenvalue weighted by Gasteiger charge is 2.36. The van der Waals surface area contributed by atoms with Gasteiger partial charge in [-0.2, -0.15) is 4.31 Å². The van der Waals surface area contributed by atoms with Gasteiger partial charge in [-0.3, -0.25) is 4.79 Å². The third kappa shape index (κ3) is 3.57. The fourth-order valence-corrected chi connectivity index (χ4v) is 4.79. The Hall–Kier alpha value is -1.98. The molecule has 1 heterocycles. The molecule has 0 N–H and O–H groups in total. The van der Waals surface area contributed by atoms with Gasteiger partial charge in [0.2, 0.25) is 10.0 Å². The van der Waals surface area contributed by atoms with Gasteiger partial charge in [0, 0.05) is 13.0 Å². The van der Waals surface area contributed by atoms with Crippen LogP contribution >= 0.6 is 0 Å². The van der Waals surface area contributed by atoms with Gasteiger partial charge in [0.05, 0.1) is 10.9 Å². The van der Waals surface area contributed by atoms with Gasteiger partial charge < -0.3 is 0 Å². The van der Waals surface area contributed by atoms with Crippen LogP contribution < -0.4 is 0 Å². The van der Waals surface area contributed by atoms with Gasteiger partial charge in [-0.1, -0.05) is 48.5 Å². The first-order valence-corrected chi connectivity index (χ1v) is 9.66. The second-order valence-electron chi connectivity index (χ2n) is 6.06. The van der Waals surface area contributed by atoms with Crippen LogP contribution in [-0.4, -0.2) is 31.1 Å². The Balaban J connectivity index is 1.97. The number of sulfonamides is 1. The highest BCUT2D eigenvalue weighted by Crippen LogP contribution is 2.25. The van der Waals surface area contributed by atoms with Crippen molar-refractivity contribution in [1.29, 1.82) is 0 Å². The van der Waals surface area contributed by atoms with Gasteiger partial charge in [0.15, 0.2) is 5.78 Å². The highest BCUT2D eigenvalue weighted by atomic mass is 32.2. The van der Waals surface area contributed by atoms with E-state index in [-0.39, 0.29) is 10.7 Å². The molecule has 1 atom stereocenters. The molecule has 0 saturated carbocycles. The minimum Gasteiger partial charge on any atom is -0.298 e. The van der Waals surface area contributed by atoms with Crippen molar-refractivity contribution in [3.8, 4) is 0 Å². The van der Waals surface area contributed by atoms with Crippen LogP contribution in [0.3, 0.4) is 0 Å². The number of ketones is 1. The van der Waals surface area contributed by atoms with E-state index >= 15 is 0 Å². The molecule has 5 heteroatoms. The summed E-state index contributed by atoms with van der Waals surface area (Å²) in [5.41, 5.74) is 0.978. The Bertz CT molecular complexity index is 788. The maximum atomic E-state index is 13.1. The van der Waals surface area contributed by atoms with Gasteiger partial charge in [0.25, 0.3) is 0 Å². The Kier molecular flexibility index (Phi) is 5.11. The number of hydrogen-bond donors (Lipinski definition) is 0. The molecule has 3 rings (SSSR count). The van der Waals surface area contributed by atoms with Gasteiger partial charge in [-0.05, 0) is 37.0 Å². The molecule has 0 radical (unpaired) electrons. The fraction of sp³-hybridized carbons (Fsp3) is 0.316. The molecular formula is C19H21NO3S. The Morgan fingerprint density at radius 2 is 1.54 bits per heavy atom. The van der Waals surface area contributed by atoms with Crippen molar-refractivity contribution in [2.45, 2.75) is 36.6 Å². The summed E-state index contributed by atoms with van der Waals surface area (Å²) in [5.74, 6) is 0.0101. The van der Waals surface area contributed by atoms with Crippen LogP contribution in [0, 0.1) is 0 Å². The molecule has 0 aromatic heterocycles. The first-order valence-electron chi connectivity index (χ1n) is 8.22. The van der Waals surface area contributed by atoms with Crippen molar-refractivity contribution in [2.24, 2.45) is 0 Å². The number of nitrogens with zero attached hydrogens (tertiary/aromatic N) is 1. The van der Waals surface area contributed by atoms with E-state index in [4.69, 9.17) is 0 Å². The number of Topliss-reactive ketones (excluding diaryl/α,β-unsaturated/α-hetero) is 1. The van der Waals surface area contributed by atoms with Gasteiger partial charge in [0.1, 0.15) is 0 Å². The molecule has 1 aliphatic heterocycles. The third-order valence-electron chi connectivity index (χ3n) is 4.39. The zero-order chi connectivity index (χ0) is 17.0. The molecule has 0 aliphatic carbocycles. The average Bonchev–Trinajstić information content (AvgIpc) is 2.79.